The van der Waals surface area contributed by atoms with E-state index in [2.05, 4.69) is 33.6 Å². The van der Waals surface area contributed by atoms with E-state index in [1.54, 1.807) is 29.8 Å². The van der Waals surface area contributed by atoms with Crippen LogP contribution in [0.2, 0.25) is 0 Å². The molecule has 3 heterocycles. The van der Waals surface area contributed by atoms with E-state index in [0.29, 0.717) is 0 Å². The molecule has 3 aromatic rings. The maximum Gasteiger partial charge on any atom is 0.141 e. The van der Waals surface area contributed by atoms with E-state index in [1.165, 1.54) is 15.8 Å². The molecule has 4 rings (SSSR count). The van der Waals surface area contributed by atoms with Crippen molar-refractivity contribution in [2.75, 3.05) is 31.1 Å². The van der Waals surface area contributed by atoms with Gasteiger partial charge in [0.05, 0.1) is 5.39 Å². The van der Waals surface area contributed by atoms with Gasteiger partial charge < -0.3 is 4.90 Å². The Balaban J connectivity index is 1.51. The van der Waals surface area contributed by atoms with Crippen LogP contribution in [0.3, 0.4) is 0 Å². The number of rotatable bonds is 3. The average Bonchev–Trinajstić information content (AvgIpc) is 2.81. The van der Waals surface area contributed by atoms with Crippen LogP contribution in [-0.4, -0.2) is 41.0 Å². The van der Waals surface area contributed by atoms with Crippen LogP contribution in [0, 0.1) is 19.7 Å². The second-order valence-corrected chi connectivity index (χ2v) is 8.11. The zero-order valence-corrected chi connectivity index (χ0v) is 16.0. The summed E-state index contributed by atoms with van der Waals surface area (Å²) in [6.45, 7) is 9.15. The highest BCUT2D eigenvalue weighted by Crippen LogP contribution is 2.34. The van der Waals surface area contributed by atoms with Gasteiger partial charge in [-0.3, -0.25) is 4.90 Å². The molecule has 1 aliphatic rings. The molecule has 0 amide bonds. The highest BCUT2D eigenvalue weighted by molar-refractivity contribution is 7.18. The molecule has 0 spiro atoms. The van der Waals surface area contributed by atoms with E-state index in [4.69, 9.17) is 0 Å². The Morgan fingerprint density at radius 1 is 1.04 bits per heavy atom. The van der Waals surface area contributed by atoms with E-state index in [9.17, 15) is 4.39 Å². The Kier molecular flexibility index (Phi) is 4.87. The van der Waals surface area contributed by atoms with Gasteiger partial charge in [0.25, 0.3) is 0 Å². The first-order valence-electron chi connectivity index (χ1n) is 9.04. The molecule has 26 heavy (non-hydrogen) atoms. The molecule has 0 saturated carbocycles. The summed E-state index contributed by atoms with van der Waals surface area (Å²) < 4.78 is 13.1. The minimum atomic E-state index is -0.176. The van der Waals surface area contributed by atoms with E-state index in [1.807, 2.05) is 12.1 Å². The first kappa shape index (κ1) is 17.4. The summed E-state index contributed by atoms with van der Waals surface area (Å²) in [4.78, 5) is 16.3. The lowest BCUT2D eigenvalue weighted by atomic mass is 10.2. The van der Waals surface area contributed by atoms with E-state index < -0.39 is 0 Å². The summed E-state index contributed by atoms with van der Waals surface area (Å²) in [7, 11) is 0. The number of halogens is 1. The van der Waals surface area contributed by atoms with Crippen LogP contribution >= 0.6 is 11.3 Å². The molecule has 0 N–H and O–H groups in total. The number of anilines is 1. The fourth-order valence-electron chi connectivity index (χ4n) is 3.59. The van der Waals surface area contributed by atoms with Crippen molar-refractivity contribution in [3.8, 4) is 0 Å². The third kappa shape index (κ3) is 3.44. The Hall–Kier alpha value is -2.05. The van der Waals surface area contributed by atoms with E-state index in [-0.39, 0.29) is 5.82 Å². The fourth-order valence-corrected chi connectivity index (χ4v) is 4.58. The van der Waals surface area contributed by atoms with Crippen molar-refractivity contribution in [2.24, 2.45) is 0 Å². The van der Waals surface area contributed by atoms with Gasteiger partial charge in [-0.2, -0.15) is 0 Å². The van der Waals surface area contributed by atoms with Gasteiger partial charge in [0.1, 0.15) is 22.8 Å². The molecule has 0 unspecified atom stereocenters. The summed E-state index contributed by atoms with van der Waals surface area (Å²) in [5.74, 6) is 0.894. The predicted octanol–water partition coefficient (Wildman–Crippen LogP) is 4.16. The maximum absolute atomic E-state index is 13.1. The minimum absolute atomic E-state index is 0.176. The fraction of sp³-hybridized carbons (Fsp3) is 0.400. The van der Waals surface area contributed by atoms with Crippen molar-refractivity contribution in [2.45, 2.75) is 26.8 Å². The zero-order chi connectivity index (χ0) is 18.1. The smallest absolute Gasteiger partial charge is 0.141 e. The average molecular weight is 370 g/mol. The largest absolute Gasteiger partial charge is 0.355 e. The Bertz CT molecular complexity index is 906. The highest BCUT2D eigenvalue weighted by atomic mass is 32.1. The molecule has 136 valence electrons. The van der Waals surface area contributed by atoms with Gasteiger partial charge in [0.2, 0.25) is 0 Å². The number of hydrogen-bond donors (Lipinski definition) is 0. The lowest BCUT2D eigenvalue weighted by molar-refractivity contribution is 0.285. The maximum atomic E-state index is 13.1. The minimum Gasteiger partial charge on any atom is -0.355 e. The second kappa shape index (κ2) is 7.29. The summed E-state index contributed by atoms with van der Waals surface area (Å²) in [6.07, 6.45) is 2.78. The SMILES string of the molecule is Cc1sc2ncnc(N3CCCN(Cc4ccc(F)cc4)CC3)c2c1C. The first-order valence-corrected chi connectivity index (χ1v) is 9.86. The number of aryl methyl sites for hydroxylation is 2. The van der Waals surface area contributed by atoms with Gasteiger partial charge >= 0.3 is 0 Å². The number of fused-ring (bicyclic) bond motifs is 1. The molecule has 1 fully saturated rings. The van der Waals surface area contributed by atoms with Gasteiger partial charge in [-0.15, -0.1) is 11.3 Å². The van der Waals surface area contributed by atoms with Gasteiger partial charge in [-0.25, -0.2) is 14.4 Å². The van der Waals surface area contributed by atoms with Crippen molar-refractivity contribution in [1.29, 1.82) is 0 Å². The first-order chi connectivity index (χ1) is 12.6. The van der Waals surface area contributed by atoms with Crippen molar-refractivity contribution in [3.63, 3.8) is 0 Å². The molecule has 6 heteroatoms. The van der Waals surface area contributed by atoms with Crippen LogP contribution in [0.25, 0.3) is 10.2 Å². The van der Waals surface area contributed by atoms with Crippen molar-refractivity contribution in [1.82, 2.24) is 14.9 Å². The van der Waals surface area contributed by atoms with Crippen LogP contribution in [0.4, 0.5) is 10.2 Å². The van der Waals surface area contributed by atoms with Crippen molar-refractivity contribution in [3.05, 3.63) is 52.4 Å². The van der Waals surface area contributed by atoms with Gasteiger partial charge in [0.15, 0.2) is 0 Å². The quantitative estimate of drug-likeness (QED) is 0.693. The molecule has 0 aliphatic carbocycles. The molecular weight excluding hydrogens is 347 g/mol. The van der Waals surface area contributed by atoms with Crippen LogP contribution in [-0.2, 0) is 6.54 Å². The van der Waals surface area contributed by atoms with Crippen molar-refractivity contribution >= 4 is 27.4 Å². The molecule has 0 radical (unpaired) electrons. The normalized spacial score (nSPS) is 16.2. The molecule has 1 saturated heterocycles. The topological polar surface area (TPSA) is 32.3 Å². The number of aromatic nitrogens is 2. The van der Waals surface area contributed by atoms with Gasteiger partial charge in [0, 0.05) is 37.6 Å². The molecule has 1 aromatic carbocycles. The van der Waals surface area contributed by atoms with E-state index in [0.717, 1.165) is 55.4 Å². The Labute approximate surface area is 157 Å². The zero-order valence-electron chi connectivity index (χ0n) is 15.2. The lowest BCUT2D eigenvalue weighted by Gasteiger charge is -2.23. The summed E-state index contributed by atoms with van der Waals surface area (Å²) in [5.41, 5.74) is 2.46. The second-order valence-electron chi connectivity index (χ2n) is 6.90. The van der Waals surface area contributed by atoms with Crippen molar-refractivity contribution < 1.29 is 4.39 Å². The summed E-state index contributed by atoms with van der Waals surface area (Å²) >= 11 is 1.75. The number of benzene rings is 1. The molecule has 1 aliphatic heterocycles. The predicted molar refractivity (Wildman–Crippen MR) is 105 cm³/mol. The number of nitrogens with zero attached hydrogens (tertiary/aromatic N) is 4. The van der Waals surface area contributed by atoms with Crippen LogP contribution in [0.1, 0.15) is 22.4 Å². The van der Waals surface area contributed by atoms with Crippen LogP contribution in [0.15, 0.2) is 30.6 Å². The Morgan fingerprint density at radius 3 is 2.65 bits per heavy atom. The van der Waals surface area contributed by atoms with Gasteiger partial charge in [-0.05, 0) is 43.5 Å². The Morgan fingerprint density at radius 2 is 1.85 bits per heavy atom. The standard InChI is InChI=1S/C20H23FN4S/c1-14-15(2)26-20-18(14)19(22-13-23-20)25-9-3-8-24(10-11-25)12-16-4-6-17(21)7-5-16/h4-7,13H,3,8-12H2,1-2H3. The third-order valence-electron chi connectivity index (χ3n) is 5.15. The van der Waals surface area contributed by atoms with Gasteiger partial charge in [-0.1, -0.05) is 12.1 Å². The monoisotopic (exact) mass is 370 g/mol. The van der Waals surface area contributed by atoms with E-state index >= 15 is 0 Å². The highest BCUT2D eigenvalue weighted by Gasteiger charge is 2.20. The lowest BCUT2D eigenvalue weighted by Crippen LogP contribution is -2.31. The molecule has 0 atom stereocenters. The molecule has 2 aromatic heterocycles. The molecule has 0 bridgehead atoms. The number of thiophene rings is 1. The third-order valence-corrected chi connectivity index (χ3v) is 6.27. The summed E-state index contributed by atoms with van der Waals surface area (Å²) in [5, 5.41) is 1.21. The molecular formula is C20H23FN4S. The summed E-state index contributed by atoms with van der Waals surface area (Å²) in [6, 6.07) is 6.84. The number of hydrogen-bond acceptors (Lipinski definition) is 5. The van der Waals surface area contributed by atoms with Crippen LogP contribution < -0.4 is 4.90 Å². The van der Waals surface area contributed by atoms with Crippen LogP contribution in [0.5, 0.6) is 0 Å². The molecule has 4 nitrogen and oxygen atoms in total.